The van der Waals surface area contributed by atoms with Crippen LogP contribution in [0.3, 0.4) is 0 Å². The van der Waals surface area contributed by atoms with Gasteiger partial charge < -0.3 is 9.15 Å². The topological polar surface area (TPSA) is 56.5 Å². The number of fused-ring (bicyclic) bond motifs is 1. The molecule has 0 radical (unpaired) electrons. The van der Waals surface area contributed by atoms with Crippen molar-refractivity contribution >= 4 is 28.5 Å². The molecule has 4 nitrogen and oxygen atoms in total. The molecule has 0 saturated carbocycles. The molecular formula is C19H14ClFO4. The summed E-state index contributed by atoms with van der Waals surface area (Å²) in [5.41, 5.74) is 1.86. The zero-order valence-corrected chi connectivity index (χ0v) is 14.3. The zero-order chi connectivity index (χ0) is 18.1. The molecule has 0 aliphatic rings. The summed E-state index contributed by atoms with van der Waals surface area (Å²) < 4.78 is 24.2. The Labute approximate surface area is 147 Å². The van der Waals surface area contributed by atoms with Crippen molar-refractivity contribution in [3.63, 3.8) is 0 Å². The van der Waals surface area contributed by atoms with Gasteiger partial charge in [0.15, 0.2) is 0 Å². The van der Waals surface area contributed by atoms with Gasteiger partial charge in [0.2, 0.25) is 0 Å². The van der Waals surface area contributed by atoms with E-state index < -0.39 is 17.4 Å². The van der Waals surface area contributed by atoms with Crippen molar-refractivity contribution < 1.29 is 18.3 Å². The molecule has 0 spiro atoms. The summed E-state index contributed by atoms with van der Waals surface area (Å²) in [6, 6.07) is 8.86. The Morgan fingerprint density at radius 3 is 2.72 bits per heavy atom. The van der Waals surface area contributed by atoms with Crippen LogP contribution in [0, 0.1) is 19.7 Å². The standard InChI is InChI=1S/C19H14ClFO4/c1-10-6-7-13-12(8-16(22)25-18(13)11(10)2)9-24-19(23)17-14(20)4-3-5-15(17)21/h3-8H,9H2,1-2H3. The lowest BCUT2D eigenvalue weighted by atomic mass is 10.0. The monoisotopic (exact) mass is 360 g/mol. The third kappa shape index (κ3) is 3.28. The summed E-state index contributed by atoms with van der Waals surface area (Å²) in [4.78, 5) is 24.0. The second-order valence-electron chi connectivity index (χ2n) is 5.65. The lowest BCUT2D eigenvalue weighted by Crippen LogP contribution is -2.10. The first-order valence-corrected chi connectivity index (χ1v) is 7.90. The number of carbonyl (C=O) groups excluding carboxylic acids is 1. The van der Waals surface area contributed by atoms with E-state index in [1.165, 1.54) is 18.2 Å². The fraction of sp³-hybridized carbons (Fsp3) is 0.158. The van der Waals surface area contributed by atoms with Crippen LogP contribution in [0.2, 0.25) is 5.02 Å². The lowest BCUT2D eigenvalue weighted by molar-refractivity contribution is 0.0468. The Morgan fingerprint density at radius 2 is 2.00 bits per heavy atom. The maximum Gasteiger partial charge on any atom is 0.342 e. The predicted molar refractivity (Wildman–Crippen MR) is 92.5 cm³/mol. The van der Waals surface area contributed by atoms with Crippen molar-refractivity contribution in [1.82, 2.24) is 0 Å². The number of ether oxygens (including phenoxy) is 1. The van der Waals surface area contributed by atoms with E-state index in [2.05, 4.69) is 0 Å². The van der Waals surface area contributed by atoms with E-state index in [0.29, 0.717) is 16.5 Å². The van der Waals surface area contributed by atoms with Crippen molar-refractivity contribution in [1.29, 1.82) is 0 Å². The number of aryl methyl sites for hydroxylation is 2. The third-order valence-electron chi connectivity index (χ3n) is 4.04. The molecule has 6 heteroatoms. The Hall–Kier alpha value is -2.66. The van der Waals surface area contributed by atoms with E-state index >= 15 is 0 Å². The second-order valence-corrected chi connectivity index (χ2v) is 6.05. The molecule has 0 aliphatic heterocycles. The molecule has 25 heavy (non-hydrogen) atoms. The van der Waals surface area contributed by atoms with Gasteiger partial charge >= 0.3 is 11.6 Å². The van der Waals surface area contributed by atoms with E-state index in [-0.39, 0.29) is 17.2 Å². The number of rotatable bonds is 3. The van der Waals surface area contributed by atoms with Gasteiger partial charge in [-0.15, -0.1) is 0 Å². The molecule has 2 aromatic carbocycles. The van der Waals surface area contributed by atoms with Crippen LogP contribution in [0.15, 0.2) is 45.6 Å². The average Bonchev–Trinajstić information content (AvgIpc) is 2.56. The molecular weight excluding hydrogens is 347 g/mol. The minimum absolute atomic E-state index is 0.0334. The van der Waals surface area contributed by atoms with Crippen molar-refractivity contribution in [3.8, 4) is 0 Å². The summed E-state index contributed by atoms with van der Waals surface area (Å²) in [6.45, 7) is 3.55. The summed E-state index contributed by atoms with van der Waals surface area (Å²) in [7, 11) is 0. The predicted octanol–water partition coefficient (Wildman–Crippen LogP) is 4.56. The Morgan fingerprint density at radius 1 is 1.24 bits per heavy atom. The Kier molecular flexibility index (Phi) is 4.59. The Balaban J connectivity index is 1.95. The normalized spacial score (nSPS) is 10.9. The number of hydrogen-bond acceptors (Lipinski definition) is 4. The highest BCUT2D eigenvalue weighted by molar-refractivity contribution is 6.33. The minimum atomic E-state index is -0.895. The first-order chi connectivity index (χ1) is 11.9. The van der Waals surface area contributed by atoms with E-state index in [1.807, 2.05) is 19.9 Å². The summed E-state index contributed by atoms with van der Waals surface area (Å²) in [5, 5.41) is 0.629. The highest BCUT2D eigenvalue weighted by Crippen LogP contribution is 2.25. The quantitative estimate of drug-likeness (QED) is 0.507. The number of esters is 1. The van der Waals surface area contributed by atoms with Crippen molar-refractivity contribution in [2.75, 3.05) is 0 Å². The van der Waals surface area contributed by atoms with Gasteiger partial charge in [0.25, 0.3) is 0 Å². The van der Waals surface area contributed by atoms with Crippen molar-refractivity contribution in [3.05, 3.63) is 79.9 Å². The van der Waals surface area contributed by atoms with Gasteiger partial charge in [0.05, 0.1) is 5.02 Å². The third-order valence-corrected chi connectivity index (χ3v) is 4.36. The van der Waals surface area contributed by atoms with E-state index in [1.54, 1.807) is 6.07 Å². The number of hydrogen-bond donors (Lipinski definition) is 0. The highest BCUT2D eigenvalue weighted by atomic mass is 35.5. The second kappa shape index (κ2) is 6.69. The first-order valence-electron chi connectivity index (χ1n) is 7.52. The van der Waals surface area contributed by atoms with Gasteiger partial charge in [-0.05, 0) is 37.1 Å². The number of halogens is 2. The van der Waals surface area contributed by atoms with E-state index in [4.69, 9.17) is 20.8 Å². The molecule has 0 amide bonds. The van der Waals surface area contributed by atoms with Crippen LogP contribution >= 0.6 is 11.6 Å². The molecule has 0 bridgehead atoms. The van der Waals surface area contributed by atoms with Gasteiger partial charge in [-0.3, -0.25) is 0 Å². The summed E-state index contributed by atoms with van der Waals surface area (Å²) >= 11 is 5.86. The van der Waals surface area contributed by atoms with Crippen LogP contribution in [0.4, 0.5) is 4.39 Å². The molecule has 128 valence electrons. The van der Waals surface area contributed by atoms with Crippen LogP contribution in [0.5, 0.6) is 0 Å². The van der Waals surface area contributed by atoms with Gasteiger partial charge in [0, 0.05) is 17.0 Å². The molecule has 0 saturated heterocycles. The van der Waals surface area contributed by atoms with Crippen LogP contribution in [0.1, 0.15) is 27.0 Å². The number of carbonyl (C=O) groups is 1. The molecule has 1 heterocycles. The van der Waals surface area contributed by atoms with Crippen LogP contribution in [0.25, 0.3) is 11.0 Å². The molecule has 0 fully saturated rings. The van der Waals surface area contributed by atoms with Crippen LogP contribution < -0.4 is 5.63 Å². The SMILES string of the molecule is Cc1ccc2c(COC(=O)c3c(F)cccc3Cl)cc(=O)oc2c1C. The van der Waals surface area contributed by atoms with Crippen molar-refractivity contribution in [2.45, 2.75) is 20.5 Å². The molecule has 0 atom stereocenters. The fourth-order valence-electron chi connectivity index (χ4n) is 2.55. The largest absolute Gasteiger partial charge is 0.457 e. The Bertz CT molecular complexity index is 1020. The average molecular weight is 361 g/mol. The van der Waals surface area contributed by atoms with E-state index in [0.717, 1.165) is 17.2 Å². The van der Waals surface area contributed by atoms with Crippen LogP contribution in [-0.4, -0.2) is 5.97 Å². The molecule has 3 rings (SSSR count). The summed E-state index contributed by atoms with van der Waals surface area (Å²) in [5.74, 6) is -1.66. The molecule has 0 N–H and O–H groups in total. The smallest absolute Gasteiger partial charge is 0.342 e. The number of benzene rings is 2. The lowest BCUT2D eigenvalue weighted by Gasteiger charge is -2.10. The van der Waals surface area contributed by atoms with Crippen molar-refractivity contribution in [2.24, 2.45) is 0 Å². The summed E-state index contributed by atoms with van der Waals surface area (Å²) in [6.07, 6.45) is 0. The molecule has 1 aromatic heterocycles. The molecule has 0 unspecified atom stereocenters. The van der Waals surface area contributed by atoms with Gasteiger partial charge in [-0.25, -0.2) is 14.0 Å². The molecule has 3 aromatic rings. The first kappa shape index (κ1) is 17.2. The zero-order valence-electron chi connectivity index (χ0n) is 13.6. The maximum atomic E-state index is 13.8. The van der Waals surface area contributed by atoms with Gasteiger partial charge in [0.1, 0.15) is 23.6 Å². The maximum absolute atomic E-state index is 13.8. The van der Waals surface area contributed by atoms with Gasteiger partial charge in [-0.1, -0.05) is 29.8 Å². The van der Waals surface area contributed by atoms with Gasteiger partial charge in [-0.2, -0.15) is 0 Å². The highest BCUT2D eigenvalue weighted by Gasteiger charge is 2.18. The van der Waals surface area contributed by atoms with E-state index in [9.17, 15) is 14.0 Å². The van der Waals surface area contributed by atoms with Crippen LogP contribution in [-0.2, 0) is 11.3 Å². The minimum Gasteiger partial charge on any atom is -0.457 e. The fourth-order valence-corrected chi connectivity index (χ4v) is 2.79. The molecule has 0 aliphatic carbocycles.